The van der Waals surface area contributed by atoms with E-state index >= 15 is 0 Å². The zero-order chi connectivity index (χ0) is 19.6. The predicted octanol–water partition coefficient (Wildman–Crippen LogP) is 3.31. The van der Waals surface area contributed by atoms with Gasteiger partial charge < -0.3 is 15.0 Å². The summed E-state index contributed by atoms with van der Waals surface area (Å²) in [6.07, 6.45) is 0.387. The minimum atomic E-state index is -2.69. The van der Waals surface area contributed by atoms with E-state index in [-0.39, 0.29) is 24.2 Å². The Morgan fingerprint density at radius 1 is 1.48 bits per heavy atom. The van der Waals surface area contributed by atoms with Gasteiger partial charge in [0.2, 0.25) is 0 Å². The summed E-state index contributed by atoms with van der Waals surface area (Å²) in [5, 5.41) is 11.9. The molecule has 0 fully saturated rings. The summed E-state index contributed by atoms with van der Waals surface area (Å²) in [4.78, 5) is 17.5. The van der Waals surface area contributed by atoms with E-state index in [4.69, 9.17) is 0 Å². The van der Waals surface area contributed by atoms with Crippen LogP contribution in [0.2, 0.25) is 0 Å². The molecule has 2 aromatic heterocycles. The maximum absolute atomic E-state index is 12.9. The number of halogens is 2. The number of nitrogens with zero attached hydrogens (tertiary/aromatic N) is 2. The monoisotopic (exact) mass is 396 g/mol. The lowest BCUT2D eigenvalue weighted by Crippen LogP contribution is -2.23. The van der Waals surface area contributed by atoms with Crippen molar-refractivity contribution in [2.24, 2.45) is 0 Å². The zero-order valence-electron chi connectivity index (χ0n) is 15.1. The molecule has 146 valence electrons. The number of fused-ring (bicyclic) bond motifs is 1. The first-order valence-electron chi connectivity index (χ1n) is 8.73. The molecular weight excluding hydrogens is 374 g/mol. The number of anilines is 1. The molecule has 0 saturated heterocycles. The van der Waals surface area contributed by atoms with Crippen LogP contribution in [0.25, 0.3) is 0 Å². The summed E-state index contributed by atoms with van der Waals surface area (Å²) in [5.41, 5.74) is 2.39. The summed E-state index contributed by atoms with van der Waals surface area (Å²) in [6, 6.07) is 2.60. The minimum Gasteiger partial charge on any atom is -0.395 e. The lowest BCUT2D eigenvalue weighted by molar-refractivity contribution is 0.101. The van der Waals surface area contributed by atoms with Gasteiger partial charge in [0.15, 0.2) is 0 Å². The molecule has 1 unspecified atom stereocenters. The second kappa shape index (κ2) is 8.37. The minimum absolute atomic E-state index is 0.0178. The molecule has 0 aliphatic carbocycles. The maximum atomic E-state index is 12.9. The molecule has 0 radical (unpaired) electrons. The van der Waals surface area contributed by atoms with Gasteiger partial charge in [-0.3, -0.25) is 14.5 Å². The molecule has 1 atom stereocenters. The van der Waals surface area contributed by atoms with E-state index in [0.29, 0.717) is 11.4 Å². The molecule has 0 saturated carbocycles. The largest absolute Gasteiger partial charge is 0.395 e. The number of aromatic nitrogens is 2. The van der Waals surface area contributed by atoms with Crippen LogP contribution < -0.4 is 10.0 Å². The molecule has 0 spiro atoms. The van der Waals surface area contributed by atoms with E-state index in [1.807, 2.05) is 18.4 Å². The number of amides is 1. The Morgan fingerprint density at radius 3 is 2.96 bits per heavy atom. The van der Waals surface area contributed by atoms with Gasteiger partial charge in [-0.2, -0.15) is 0 Å². The third kappa shape index (κ3) is 4.15. The van der Waals surface area contributed by atoms with Crippen LogP contribution in [-0.2, 0) is 13.0 Å². The molecule has 1 aliphatic rings. The van der Waals surface area contributed by atoms with Crippen LogP contribution in [0.3, 0.4) is 0 Å². The van der Waals surface area contributed by atoms with Crippen molar-refractivity contribution in [2.75, 3.05) is 11.9 Å². The van der Waals surface area contributed by atoms with Gasteiger partial charge in [0.25, 0.3) is 12.3 Å². The van der Waals surface area contributed by atoms with Crippen molar-refractivity contribution in [3.63, 3.8) is 0 Å². The van der Waals surface area contributed by atoms with Gasteiger partial charge in [0, 0.05) is 35.1 Å². The van der Waals surface area contributed by atoms with Crippen LogP contribution in [-0.4, -0.2) is 33.2 Å². The molecule has 3 N–H and O–H groups in total. The second-order valence-electron chi connectivity index (χ2n) is 6.53. The van der Waals surface area contributed by atoms with E-state index < -0.39 is 6.43 Å². The Bertz CT molecular complexity index is 841. The lowest BCUT2D eigenvalue weighted by Gasteiger charge is -2.11. The third-order valence-electron chi connectivity index (χ3n) is 4.46. The summed E-state index contributed by atoms with van der Waals surface area (Å²) in [7, 11) is 0. The van der Waals surface area contributed by atoms with Crippen LogP contribution in [0.15, 0.2) is 23.2 Å². The second-order valence-corrected chi connectivity index (χ2v) is 7.38. The molecule has 0 bridgehead atoms. The van der Waals surface area contributed by atoms with Gasteiger partial charge in [0.05, 0.1) is 6.61 Å². The van der Waals surface area contributed by atoms with Crippen molar-refractivity contribution in [1.29, 1.82) is 0 Å². The number of nitrogens with one attached hydrogen (secondary N) is 2. The molecule has 2 aromatic rings. The van der Waals surface area contributed by atoms with Crippen molar-refractivity contribution >= 4 is 23.5 Å². The highest BCUT2D eigenvalue weighted by Crippen LogP contribution is 2.35. The zero-order valence-corrected chi connectivity index (χ0v) is 15.9. The quantitative estimate of drug-likeness (QED) is 0.626. The average molecular weight is 396 g/mol. The molecule has 3 rings (SSSR count). The van der Waals surface area contributed by atoms with Crippen molar-refractivity contribution in [1.82, 2.24) is 14.3 Å². The van der Waals surface area contributed by atoms with Crippen LogP contribution in [0.5, 0.6) is 0 Å². The molecule has 1 amide bonds. The maximum Gasteiger partial charge on any atom is 0.280 e. The number of aliphatic hydroxyl groups excluding tert-OH is 1. The fourth-order valence-electron chi connectivity index (χ4n) is 3.14. The number of carbonyl (C=O) groups excluding carboxylic acids is 1. The van der Waals surface area contributed by atoms with Gasteiger partial charge >= 0.3 is 0 Å². The van der Waals surface area contributed by atoms with Crippen LogP contribution in [0, 0.1) is 6.92 Å². The van der Waals surface area contributed by atoms with Gasteiger partial charge in [-0.1, -0.05) is 0 Å². The molecule has 0 aromatic carbocycles. The molecular formula is C18H22F2N4O2S. The van der Waals surface area contributed by atoms with Crippen LogP contribution >= 0.6 is 11.9 Å². The fourth-order valence-corrected chi connectivity index (χ4v) is 4.12. The highest BCUT2D eigenvalue weighted by Gasteiger charge is 2.28. The summed E-state index contributed by atoms with van der Waals surface area (Å²) in [6.45, 7) is 4.51. The smallest absolute Gasteiger partial charge is 0.280 e. The Morgan fingerprint density at radius 2 is 2.26 bits per heavy atom. The lowest BCUT2D eigenvalue weighted by atomic mass is 10.2. The highest BCUT2D eigenvalue weighted by atomic mass is 32.2. The summed E-state index contributed by atoms with van der Waals surface area (Å²) in [5.74, 6) is -0.330. The Balaban J connectivity index is 1.86. The number of hydrogen-bond donors (Lipinski definition) is 3. The van der Waals surface area contributed by atoms with Crippen LogP contribution in [0.1, 0.15) is 47.2 Å². The number of aliphatic hydroxyl groups is 1. The molecule has 9 heteroatoms. The van der Waals surface area contributed by atoms with E-state index in [9.17, 15) is 18.7 Å². The Hall–Kier alpha value is -1.97. The van der Waals surface area contributed by atoms with Crippen molar-refractivity contribution in [3.05, 3.63) is 41.0 Å². The number of rotatable bonds is 7. The number of pyridine rings is 1. The number of alkyl halides is 2. The average Bonchev–Trinajstić information content (AvgIpc) is 3.20. The van der Waals surface area contributed by atoms with E-state index in [2.05, 4.69) is 15.0 Å². The molecule has 6 nitrogen and oxygen atoms in total. The van der Waals surface area contributed by atoms with Gasteiger partial charge in [-0.25, -0.2) is 8.78 Å². The molecule has 3 heterocycles. The fraction of sp³-hybridized carbons (Fsp3) is 0.444. The summed E-state index contributed by atoms with van der Waals surface area (Å²) < 4.78 is 30.8. The van der Waals surface area contributed by atoms with Crippen molar-refractivity contribution in [2.45, 2.75) is 50.6 Å². The van der Waals surface area contributed by atoms with Gasteiger partial charge in [-0.05, 0) is 56.3 Å². The SMILES string of the molecule is Cc1c(SNC(C)CO)c2n(c1C(=O)Nc1ccnc(C(F)F)c1)CCC2. The van der Waals surface area contributed by atoms with Gasteiger partial charge in [0.1, 0.15) is 11.4 Å². The van der Waals surface area contributed by atoms with E-state index in [1.165, 1.54) is 30.3 Å². The Kier molecular flexibility index (Phi) is 6.13. The van der Waals surface area contributed by atoms with Crippen molar-refractivity contribution < 1.29 is 18.7 Å². The highest BCUT2D eigenvalue weighted by molar-refractivity contribution is 7.97. The standard InChI is InChI=1S/C18H22F2N4O2S/c1-10(9-25)23-27-16-11(2)15(24-7-3-4-14(16)24)18(26)22-12-5-6-21-13(8-12)17(19)20/h5-6,8,10,17,23,25H,3-4,7,9H2,1-2H3,(H,21,22,26). The van der Waals surface area contributed by atoms with Gasteiger partial charge in [-0.15, -0.1) is 0 Å². The normalized spacial score (nSPS) is 14.4. The topological polar surface area (TPSA) is 79.2 Å². The first-order valence-corrected chi connectivity index (χ1v) is 9.54. The first-order chi connectivity index (χ1) is 12.9. The third-order valence-corrected chi connectivity index (χ3v) is 5.73. The van der Waals surface area contributed by atoms with E-state index in [1.54, 1.807) is 0 Å². The van der Waals surface area contributed by atoms with E-state index in [0.717, 1.165) is 35.5 Å². The summed E-state index contributed by atoms with van der Waals surface area (Å²) >= 11 is 1.42. The molecule has 27 heavy (non-hydrogen) atoms. The van der Waals surface area contributed by atoms with Crippen LogP contribution in [0.4, 0.5) is 14.5 Å². The van der Waals surface area contributed by atoms with Crippen molar-refractivity contribution in [3.8, 4) is 0 Å². The number of hydrogen-bond acceptors (Lipinski definition) is 5. The predicted molar refractivity (Wildman–Crippen MR) is 100 cm³/mol. The first kappa shape index (κ1) is 19.8. The molecule has 1 aliphatic heterocycles. The Labute approximate surface area is 160 Å². The number of carbonyl (C=O) groups is 1.